The van der Waals surface area contributed by atoms with Gasteiger partial charge in [-0.15, -0.1) is 0 Å². The minimum absolute atomic E-state index is 0.304. The Kier molecular flexibility index (Phi) is 2.76. The van der Waals surface area contributed by atoms with Crippen molar-refractivity contribution in [2.24, 2.45) is 5.92 Å². The van der Waals surface area contributed by atoms with Crippen LogP contribution in [0.25, 0.3) is 0 Å². The lowest BCUT2D eigenvalue weighted by Gasteiger charge is -2.18. The molecule has 1 saturated carbocycles. The SMILES string of the molecule is OCC1CCc2cc(C3CCCC3)oc2C1. The first-order valence-electron chi connectivity index (χ1n) is 6.59. The number of aryl methyl sites for hydroxylation is 1. The Morgan fingerprint density at radius 1 is 1.25 bits per heavy atom. The molecule has 0 spiro atoms. The predicted octanol–water partition coefficient (Wildman–Crippen LogP) is 3.03. The molecule has 2 heteroatoms. The molecule has 2 aliphatic carbocycles. The summed E-state index contributed by atoms with van der Waals surface area (Å²) in [6.45, 7) is 0.304. The van der Waals surface area contributed by atoms with Gasteiger partial charge in [0.25, 0.3) is 0 Å². The number of hydrogen-bond acceptors (Lipinski definition) is 2. The summed E-state index contributed by atoms with van der Waals surface area (Å²) in [5, 5.41) is 9.19. The molecular formula is C14H20O2. The van der Waals surface area contributed by atoms with Crippen LogP contribution in [0.4, 0.5) is 0 Å². The molecule has 1 fully saturated rings. The van der Waals surface area contributed by atoms with E-state index < -0.39 is 0 Å². The molecule has 0 radical (unpaired) electrons. The van der Waals surface area contributed by atoms with Crippen LogP contribution in [0.2, 0.25) is 0 Å². The third-order valence-corrected chi connectivity index (χ3v) is 4.23. The third-order valence-electron chi connectivity index (χ3n) is 4.23. The molecule has 2 nitrogen and oxygen atoms in total. The van der Waals surface area contributed by atoms with Gasteiger partial charge in [0.1, 0.15) is 11.5 Å². The van der Waals surface area contributed by atoms with Crippen molar-refractivity contribution in [2.45, 2.75) is 50.9 Å². The van der Waals surface area contributed by atoms with E-state index in [1.54, 1.807) is 0 Å². The van der Waals surface area contributed by atoms with Gasteiger partial charge in [-0.25, -0.2) is 0 Å². The molecule has 1 atom stereocenters. The van der Waals surface area contributed by atoms with E-state index in [0.717, 1.165) is 25.0 Å². The Labute approximate surface area is 96.7 Å². The lowest BCUT2D eigenvalue weighted by atomic mass is 9.89. The fraction of sp³-hybridized carbons (Fsp3) is 0.714. The van der Waals surface area contributed by atoms with Gasteiger partial charge in [-0.1, -0.05) is 12.8 Å². The van der Waals surface area contributed by atoms with Crippen molar-refractivity contribution < 1.29 is 9.52 Å². The van der Waals surface area contributed by atoms with Gasteiger partial charge >= 0.3 is 0 Å². The molecule has 1 aromatic heterocycles. The molecule has 3 rings (SSSR count). The molecule has 1 N–H and O–H groups in total. The number of furan rings is 1. The molecule has 1 unspecified atom stereocenters. The first-order valence-corrected chi connectivity index (χ1v) is 6.59. The van der Waals surface area contributed by atoms with Crippen LogP contribution >= 0.6 is 0 Å². The number of rotatable bonds is 2. The van der Waals surface area contributed by atoms with Crippen LogP contribution in [0.3, 0.4) is 0 Å². The van der Waals surface area contributed by atoms with Crippen LogP contribution in [0.5, 0.6) is 0 Å². The fourth-order valence-electron chi connectivity index (χ4n) is 3.17. The second kappa shape index (κ2) is 4.25. The summed E-state index contributed by atoms with van der Waals surface area (Å²) in [6, 6.07) is 2.29. The van der Waals surface area contributed by atoms with E-state index in [-0.39, 0.29) is 0 Å². The molecule has 0 bridgehead atoms. The maximum Gasteiger partial charge on any atom is 0.107 e. The normalized spacial score (nSPS) is 25.9. The Hall–Kier alpha value is -0.760. The van der Waals surface area contributed by atoms with Crippen molar-refractivity contribution >= 4 is 0 Å². The topological polar surface area (TPSA) is 33.4 Å². The van der Waals surface area contributed by atoms with E-state index in [1.807, 2.05) is 0 Å². The second-order valence-corrected chi connectivity index (χ2v) is 5.37. The molecule has 0 aromatic carbocycles. The van der Waals surface area contributed by atoms with Crippen LogP contribution in [-0.2, 0) is 12.8 Å². The minimum Gasteiger partial charge on any atom is -0.465 e. The average Bonchev–Trinajstić information content (AvgIpc) is 2.96. The first kappa shape index (κ1) is 10.4. The summed E-state index contributed by atoms with van der Waals surface area (Å²) in [7, 11) is 0. The van der Waals surface area contributed by atoms with Crippen LogP contribution in [0.1, 0.15) is 55.1 Å². The average molecular weight is 220 g/mol. The fourth-order valence-corrected chi connectivity index (χ4v) is 3.17. The van der Waals surface area contributed by atoms with Gasteiger partial charge in [0.2, 0.25) is 0 Å². The second-order valence-electron chi connectivity index (χ2n) is 5.37. The zero-order valence-electron chi connectivity index (χ0n) is 9.74. The zero-order chi connectivity index (χ0) is 11.0. The van der Waals surface area contributed by atoms with Gasteiger partial charge in [-0.2, -0.15) is 0 Å². The van der Waals surface area contributed by atoms with E-state index in [1.165, 1.54) is 37.0 Å². The van der Waals surface area contributed by atoms with Crippen molar-refractivity contribution in [3.05, 3.63) is 23.2 Å². The molecule has 1 aromatic rings. The third kappa shape index (κ3) is 1.80. The van der Waals surface area contributed by atoms with Crippen LogP contribution in [0, 0.1) is 5.92 Å². The van der Waals surface area contributed by atoms with Gasteiger partial charge in [0.15, 0.2) is 0 Å². The maximum absolute atomic E-state index is 9.19. The maximum atomic E-state index is 9.19. The monoisotopic (exact) mass is 220 g/mol. The summed E-state index contributed by atoms with van der Waals surface area (Å²) in [6.07, 6.45) is 8.47. The molecule has 0 saturated heterocycles. The van der Waals surface area contributed by atoms with E-state index in [2.05, 4.69) is 6.07 Å². The minimum atomic E-state index is 0.304. The van der Waals surface area contributed by atoms with Gasteiger partial charge in [0, 0.05) is 18.9 Å². The zero-order valence-corrected chi connectivity index (χ0v) is 9.74. The quantitative estimate of drug-likeness (QED) is 0.831. The molecule has 2 aliphatic rings. The Morgan fingerprint density at radius 2 is 2.06 bits per heavy atom. The molecular weight excluding hydrogens is 200 g/mol. The Morgan fingerprint density at radius 3 is 2.81 bits per heavy atom. The summed E-state index contributed by atoms with van der Waals surface area (Å²) >= 11 is 0. The Bertz CT molecular complexity index is 361. The van der Waals surface area contributed by atoms with Crippen molar-refractivity contribution in [2.75, 3.05) is 6.61 Å². The van der Waals surface area contributed by atoms with E-state index in [9.17, 15) is 5.11 Å². The highest BCUT2D eigenvalue weighted by atomic mass is 16.3. The smallest absolute Gasteiger partial charge is 0.107 e. The van der Waals surface area contributed by atoms with Gasteiger partial charge in [-0.3, -0.25) is 0 Å². The van der Waals surface area contributed by atoms with E-state index in [0.29, 0.717) is 18.4 Å². The van der Waals surface area contributed by atoms with Gasteiger partial charge in [-0.05, 0) is 43.2 Å². The van der Waals surface area contributed by atoms with Crippen molar-refractivity contribution in [1.82, 2.24) is 0 Å². The predicted molar refractivity (Wildman–Crippen MR) is 62.5 cm³/mol. The number of aliphatic hydroxyl groups is 1. The standard InChI is InChI=1S/C14H20O2/c15-9-10-5-6-12-8-14(16-13(12)7-10)11-3-1-2-4-11/h8,10-11,15H,1-7,9H2. The molecule has 0 aliphatic heterocycles. The first-order chi connectivity index (χ1) is 7.86. The number of hydrogen-bond donors (Lipinski definition) is 1. The van der Waals surface area contributed by atoms with Crippen LogP contribution in [0.15, 0.2) is 10.5 Å². The van der Waals surface area contributed by atoms with Crippen molar-refractivity contribution in [3.63, 3.8) is 0 Å². The lowest BCUT2D eigenvalue weighted by molar-refractivity contribution is 0.204. The van der Waals surface area contributed by atoms with Crippen LogP contribution in [-0.4, -0.2) is 11.7 Å². The summed E-state index contributed by atoms with van der Waals surface area (Å²) in [5.41, 5.74) is 1.41. The molecule has 1 heterocycles. The van der Waals surface area contributed by atoms with Crippen molar-refractivity contribution in [1.29, 1.82) is 0 Å². The lowest BCUT2D eigenvalue weighted by Crippen LogP contribution is -2.15. The van der Waals surface area contributed by atoms with E-state index in [4.69, 9.17) is 4.42 Å². The van der Waals surface area contributed by atoms with Gasteiger partial charge in [0.05, 0.1) is 0 Å². The molecule has 0 amide bonds. The largest absolute Gasteiger partial charge is 0.465 e. The van der Waals surface area contributed by atoms with E-state index >= 15 is 0 Å². The number of fused-ring (bicyclic) bond motifs is 1. The Balaban J connectivity index is 1.80. The summed E-state index contributed by atoms with van der Waals surface area (Å²) < 4.78 is 6.01. The molecule has 88 valence electrons. The van der Waals surface area contributed by atoms with Crippen LogP contribution < -0.4 is 0 Å². The highest BCUT2D eigenvalue weighted by molar-refractivity contribution is 5.26. The molecule has 16 heavy (non-hydrogen) atoms. The summed E-state index contributed by atoms with van der Waals surface area (Å²) in [5.74, 6) is 3.49. The van der Waals surface area contributed by atoms with Crippen molar-refractivity contribution in [3.8, 4) is 0 Å². The number of aliphatic hydroxyl groups excluding tert-OH is 1. The van der Waals surface area contributed by atoms with Gasteiger partial charge < -0.3 is 9.52 Å². The highest BCUT2D eigenvalue weighted by Crippen LogP contribution is 2.38. The summed E-state index contributed by atoms with van der Waals surface area (Å²) in [4.78, 5) is 0. The highest BCUT2D eigenvalue weighted by Gasteiger charge is 2.26.